The Hall–Kier alpha value is -0.570. The Morgan fingerprint density at radius 3 is 2.33 bits per heavy atom. The van der Waals surface area contributed by atoms with E-state index in [1.165, 1.54) is 51.6 Å². The van der Waals surface area contributed by atoms with Crippen LogP contribution < -0.4 is 0 Å². The van der Waals surface area contributed by atoms with E-state index in [-0.39, 0.29) is 0 Å². The molecule has 4 aliphatic rings. The van der Waals surface area contributed by atoms with E-state index >= 15 is 0 Å². The SMILES string of the molecule is O=C(C1C2CCCC21)N1CCC(N2CCCC2)C1. The van der Waals surface area contributed by atoms with Crippen molar-refractivity contribution >= 4 is 5.91 Å². The van der Waals surface area contributed by atoms with Crippen LogP contribution in [0.3, 0.4) is 0 Å². The fraction of sp³-hybridized carbons (Fsp3) is 0.933. The molecule has 0 bridgehead atoms. The first kappa shape index (κ1) is 11.3. The van der Waals surface area contributed by atoms with Gasteiger partial charge in [0.1, 0.15) is 0 Å². The van der Waals surface area contributed by atoms with Gasteiger partial charge in [0.05, 0.1) is 0 Å². The predicted octanol–water partition coefficient (Wildman–Crippen LogP) is 1.73. The van der Waals surface area contributed by atoms with Crippen LogP contribution in [0.15, 0.2) is 0 Å². The zero-order valence-electron chi connectivity index (χ0n) is 11.2. The van der Waals surface area contributed by atoms with Crippen LogP contribution in [0.25, 0.3) is 0 Å². The highest BCUT2D eigenvalue weighted by Crippen LogP contribution is 2.58. The summed E-state index contributed by atoms with van der Waals surface area (Å²) in [6.45, 7) is 4.58. The fourth-order valence-corrected chi connectivity index (χ4v) is 4.75. The molecule has 0 radical (unpaired) electrons. The molecule has 2 aliphatic heterocycles. The van der Waals surface area contributed by atoms with Crippen molar-refractivity contribution in [2.24, 2.45) is 17.8 Å². The quantitative estimate of drug-likeness (QED) is 0.743. The lowest BCUT2D eigenvalue weighted by Crippen LogP contribution is -2.38. The van der Waals surface area contributed by atoms with E-state index in [1.807, 2.05) is 0 Å². The van der Waals surface area contributed by atoms with Crippen molar-refractivity contribution in [1.29, 1.82) is 0 Å². The lowest BCUT2D eigenvalue weighted by molar-refractivity contribution is -0.132. The van der Waals surface area contributed by atoms with Gasteiger partial charge >= 0.3 is 0 Å². The lowest BCUT2D eigenvalue weighted by Gasteiger charge is -2.24. The highest BCUT2D eigenvalue weighted by molar-refractivity contribution is 5.82. The van der Waals surface area contributed by atoms with Crippen molar-refractivity contribution in [2.45, 2.75) is 44.6 Å². The summed E-state index contributed by atoms with van der Waals surface area (Å²) >= 11 is 0. The Bertz CT molecular complexity index is 340. The van der Waals surface area contributed by atoms with Crippen molar-refractivity contribution in [1.82, 2.24) is 9.80 Å². The van der Waals surface area contributed by atoms with Gasteiger partial charge in [-0.15, -0.1) is 0 Å². The average Bonchev–Trinajstić information content (AvgIpc) is 2.94. The van der Waals surface area contributed by atoms with E-state index < -0.39 is 0 Å². The molecule has 3 atom stereocenters. The second-order valence-electron chi connectivity index (χ2n) is 6.75. The smallest absolute Gasteiger partial charge is 0.226 e. The van der Waals surface area contributed by atoms with Crippen molar-refractivity contribution in [3.63, 3.8) is 0 Å². The molecule has 4 rings (SSSR count). The van der Waals surface area contributed by atoms with Gasteiger partial charge in [0, 0.05) is 25.0 Å². The van der Waals surface area contributed by atoms with Gasteiger partial charge in [0.2, 0.25) is 5.91 Å². The molecule has 3 nitrogen and oxygen atoms in total. The summed E-state index contributed by atoms with van der Waals surface area (Å²) in [6, 6.07) is 0.676. The number of hydrogen-bond donors (Lipinski definition) is 0. The highest BCUT2D eigenvalue weighted by atomic mass is 16.2. The molecule has 18 heavy (non-hydrogen) atoms. The minimum Gasteiger partial charge on any atom is -0.341 e. The molecular formula is C15H24N2O. The van der Waals surface area contributed by atoms with Crippen molar-refractivity contribution in [3.05, 3.63) is 0 Å². The topological polar surface area (TPSA) is 23.6 Å². The molecule has 3 unspecified atom stereocenters. The summed E-state index contributed by atoms with van der Waals surface area (Å²) < 4.78 is 0. The van der Waals surface area contributed by atoms with Gasteiger partial charge in [-0.2, -0.15) is 0 Å². The van der Waals surface area contributed by atoms with E-state index in [0.29, 0.717) is 17.9 Å². The first-order chi connectivity index (χ1) is 8.84. The van der Waals surface area contributed by atoms with Crippen LogP contribution in [0, 0.1) is 17.8 Å². The first-order valence-corrected chi connectivity index (χ1v) is 7.87. The number of carbonyl (C=O) groups is 1. The maximum atomic E-state index is 12.5. The van der Waals surface area contributed by atoms with Gasteiger partial charge in [0.25, 0.3) is 0 Å². The highest BCUT2D eigenvalue weighted by Gasteiger charge is 2.57. The van der Waals surface area contributed by atoms with Gasteiger partial charge in [-0.25, -0.2) is 0 Å². The summed E-state index contributed by atoms with van der Waals surface area (Å²) in [5, 5.41) is 0. The van der Waals surface area contributed by atoms with Crippen LogP contribution in [0.4, 0.5) is 0 Å². The van der Waals surface area contributed by atoms with Gasteiger partial charge < -0.3 is 4.90 Å². The molecule has 0 aromatic rings. The Labute approximate surface area is 110 Å². The molecule has 0 N–H and O–H groups in total. The maximum Gasteiger partial charge on any atom is 0.226 e. The molecule has 0 aromatic carbocycles. The Morgan fingerprint density at radius 2 is 1.61 bits per heavy atom. The molecule has 2 heterocycles. The summed E-state index contributed by atoms with van der Waals surface area (Å²) in [6.07, 6.45) is 7.95. The Balaban J connectivity index is 1.34. The summed E-state index contributed by atoms with van der Waals surface area (Å²) in [7, 11) is 0. The number of nitrogens with zero attached hydrogens (tertiary/aromatic N) is 2. The number of likely N-dealkylation sites (tertiary alicyclic amines) is 2. The van der Waals surface area contributed by atoms with Crippen LogP contribution >= 0.6 is 0 Å². The lowest BCUT2D eigenvalue weighted by atomic mass is 10.1. The van der Waals surface area contributed by atoms with E-state index in [1.54, 1.807) is 0 Å². The standard InChI is InChI=1S/C15H24N2O/c18-15(14-12-4-3-5-13(12)14)17-9-6-11(10-17)16-7-1-2-8-16/h11-14H,1-10H2. The maximum absolute atomic E-state index is 12.5. The number of rotatable bonds is 2. The number of carbonyl (C=O) groups excluding carboxylic acids is 1. The van der Waals surface area contributed by atoms with E-state index in [2.05, 4.69) is 9.80 Å². The Kier molecular flexibility index (Phi) is 2.65. The molecule has 2 saturated carbocycles. The molecular weight excluding hydrogens is 224 g/mol. The number of amides is 1. The van der Waals surface area contributed by atoms with Crippen LogP contribution in [0.5, 0.6) is 0 Å². The molecule has 0 aromatic heterocycles. The van der Waals surface area contributed by atoms with Crippen molar-refractivity contribution in [3.8, 4) is 0 Å². The normalized spacial score (nSPS) is 43.4. The van der Waals surface area contributed by atoms with Crippen LogP contribution in [0.1, 0.15) is 38.5 Å². The van der Waals surface area contributed by atoms with Gasteiger partial charge in [-0.1, -0.05) is 6.42 Å². The third kappa shape index (κ3) is 1.70. The fourth-order valence-electron chi connectivity index (χ4n) is 4.75. The summed E-state index contributed by atoms with van der Waals surface area (Å²) in [5.41, 5.74) is 0. The molecule has 100 valence electrons. The molecule has 4 fully saturated rings. The monoisotopic (exact) mass is 248 g/mol. The molecule has 0 spiro atoms. The molecule has 3 heteroatoms. The molecule has 2 aliphatic carbocycles. The zero-order chi connectivity index (χ0) is 12.1. The first-order valence-electron chi connectivity index (χ1n) is 7.87. The second kappa shape index (κ2) is 4.22. The van der Waals surface area contributed by atoms with E-state index in [9.17, 15) is 4.79 Å². The van der Waals surface area contributed by atoms with E-state index in [0.717, 1.165) is 24.9 Å². The Morgan fingerprint density at radius 1 is 0.889 bits per heavy atom. The van der Waals surface area contributed by atoms with Crippen LogP contribution in [-0.2, 0) is 4.79 Å². The van der Waals surface area contributed by atoms with Crippen molar-refractivity contribution < 1.29 is 4.79 Å². The predicted molar refractivity (Wildman–Crippen MR) is 70.1 cm³/mol. The molecule has 2 saturated heterocycles. The third-order valence-corrected chi connectivity index (χ3v) is 5.82. The third-order valence-electron chi connectivity index (χ3n) is 5.82. The van der Waals surface area contributed by atoms with Gasteiger partial charge in [-0.05, 0) is 57.0 Å². The minimum atomic E-state index is 0.441. The largest absolute Gasteiger partial charge is 0.341 e. The average molecular weight is 248 g/mol. The summed E-state index contributed by atoms with van der Waals surface area (Å²) in [4.78, 5) is 17.3. The number of hydrogen-bond acceptors (Lipinski definition) is 2. The second-order valence-corrected chi connectivity index (χ2v) is 6.75. The van der Waals surface area contributed by atoms with Crippen LogP contribution in [-0.4, -0.2) is 47.9 Å². The minimum absolute atomic E-state index is 0.441. The van der Waals surface area contributed by atoms with Gasteiger partial charge in [0.15, 0.2) is 0 Å². The zero-order valence-corrected chi connectivity index (χ0v) is 11.2. The van der Waals surface area contributed by atoms with E-state index in [4.69, 9.17) is 0 Å². The van der Waals surface area contributed by atoms with Crippen molar-refractivity contribution in [2.75, 3.05) is 26.2 Å². The number of fused-ring (bicyclic) bond motifs is 1. The van der Waals surface area contributed by atoms with Gasteiger partial charge in [-0.3, -0.25) is 9.69 Å². The molecule has 1 amide bonds. The summed E-state index contributed by atoms with van der Waals surface area (Å²) in [5.74, 6) is 2.51. The van der Waals surface area contributed by atoms with Crippen LogP contribution in [0.2, 0.25) is 0 Å².